The van der Waals surface area contributed by atoms with Gasteiger partial charge in [0, 0.05) is 6.20 Å². The summed E-state index contributed by atoms with van der Waals surface area (Å²) in [7, 11) is 0. The van der Waals surface area contributed by atoms with E-state index in [1.165, 1.54) is 6.20 Å². The lowest BCUT2D eigenvalue weighted by molar-refractivity contribution is 0.111. The number of hydrogen-bond acceptors (Lipinski definition) is 5. The lowest BCUT2D eigenvalue weighted by Crippen LogP contribution is -2.04. The van der Waals surface area contributed by atoms with Gasteiger partial charge in [0.15, 0.2) is 18.2 Å². The van der Waals surface area contributed by atoms with Gasteiger partial charge >= 0.3 is 0 Å². The minimum Gasteiger partial charge on any atom is -0.481 e. The number of ether oxygens (including phenoxy) is 1. The van der Waals surface area contributed by atoms with Gasteiger partial charge in [-0.1, -0.05) is 5.16 Å². The van der Waals surface area contributed by atoms with Crippen LogP contribution in [-0.4, -0.2) is 16.4 Å². The summed E-state index contributed by atoms with van der Waals surface area (Å²) in [6.07, 6.45) is 4.92. The summed E-state index contributed by atoms with van der Waals surface area (Å²) in [6, 6.07) is 3.55. The van der Waals surface area contributed by atoms with E-state index < -0.39 is 0 Å². The molecule has 0 aliphatic heterocycles. The van der Waals surface area contributed by atoms with Crippen molar-refractivity contribution in [3.8, 4) is 5.75 Å². The van der Waals surface area contributed by atoms with Gasteiger partial charge < -0.3 is 9.26 Å². The van der Waals surface area contributed by atoms with E-state index in [2.05, 4.69) is 10.1 Å². The molecule has 0 aromatic carbocycles. The number of carbonyl (C=O) groups is 1. The summed E-state index contributed by atoms with van der Waals surface area (Å²) in [6.45, 7) is 1.78. The molecule has 1 atom stereocenters. The maximum absolute atomic E-state index is 10.7. The Morgan fingerprint density at radius 2 is 2.38 bits per heavy atom. The van der Waals surface area contributed by atoms with Crippen molar-refractivity contribution in [1.29, 1.82) is 0 Å². The first-order chi connectivity index (χ1) is 7.81. The van der Waals surface area contributed by atoms with Crippen LogP contribution in [-0.2, 0) is 0 Å². The summed E-state index contributed by atoms with van der Waals surface area (Å²) in [4.78, 5) is 14.6. The standard InChI is InChI=1S/C11H10N2O3/c1-8(11-9(7-14)5-13-16-11)15-10-3-2-4-12-6-10/h2-8H,1H3. The quantitative estimate of drug-likeness (QED) is 0.734. The Hall–Kier alpha value is -2.17. The van der Waals surface area contributed by atoms with Gasteiger partial charge in [-0.3, -0.25) is 9.78 Å². The van der Waals surface area contributed by atoms with E-state index in [1.807, 2.05) is 0 Å². The minimum absolute atomic E-state index is 0.383. The van der Waals surface area contributed by atoms with Gasteiger partial charge in [0.2, 0.25) is 0 Å². The number of carbonyl (C=O) groups excluding carboxylic acids is 1. The van der Waals surface area contributed by atoms with Crippen molar-refractivity contribution in [3.63, 3.8) is 0 Å². The Bertz CT molecular complexity index is 467. The van der Waals surface area contributed by atoms with Gasteiger partial charge in [0.25, 0.3) is 0 Å². The maximum Gasteiger partial charge on any atom is 0.187 e. The van der Waals surface area contributed by atoms with E-state index in [-0.39, 0.29) is 6.10 Å². The molecular weight excluding hydrogens is 208 g/mol. The molecule has 0 radical (unpaired) electrons. The van der Waals surface area contributed by atoms with E-state index in [9.17, 15) is 4.79 Å². The monoisotopic (exact) mass is 218 g/mol. The third-order valence-corrected chi connectivity index (χ3v) is 2.07. The van der Waals surface area contributed by atoms with Crippen LogP contribution in [0, 0.1) is 0 Å². The van der Waals surface area contributed by atoms with E-state index in [4.69, 9.17) is 9.26 Å². The zero-order valence-electron chi connectivity index (χ0n) is 8.66. The topological polar surface area (TPSA) is 65.2 Å². The number of pyridine rings is 1. The summed E-state index contributed by atoms with van der Waals surface area (Å²) in [5.74, 6) is 1.03. The molecule has 0 N–H and O–H groups in total. The third-order valence-electron chi connectivity index (χ3n) is 2.07. The van der Waals surface area contributed by atoms with Crippen molar-refractivity contribution in [3.05, 3.63) is 42.0 Å². The van der Waals surface area contributed by atoms with E-state index in [1.54, 1.807) is 31.5 Å². The molecule has 2 rings (SSSR count). The first kappa shape index (κ1) is 10.4. The molecule has 0 amide bonds. The number of nitrogens with zero attached hydrogens (tertiary/aromatic N) is 2. The van der Waals surface area contributed by atoms with Crippen molar-refractivity contribution >= 4 is 6.29 Å². The molecule has 0 saturated carbocycles. The second-order valence-corrected chi connectivity index (χ2v) is 3.21. The average Bonchev–Trinajstić information content (AvgIpc) is 2.78. The predicted molar refractivity (Wildman–Crippen MR) is 55.2 cm³/mol. The summed E-state index contributed by atoms with van der Waals surface area (Å²) < 4.78 is 10.5. The summed E-state index contributed by atoms with van der Waals surface area (Å²) >= 11 is 0. The highest BCUT2D eigenvalue weighted by Crippen LogP contribution is 2.22. The lowest BCUT2D eigenvalue weighted by Gasteiger charge is -2.11. The van der Waals surface area contributed by atoms with Gasteiger partial charge in [-0.2, -0.15) is 0 Å². The van der Waals surface area contributed by atoms with Crippen LogP contribution >= 0.6 is 0 Å². The van der Waals surface area contributed by atoms with Crippen LogP contribution in [0.3, 0.4) is 0 Å². The number of hydrogen-bond donors (Lipinski definition) is 0. The van der Waals surface area contributed by atoms with Crippen LogP contribution in [0.15, 0.2) is 35.2 Å². The molecule has 2 heterocycles. The van der Waals surface area contributed by atoms with E-state index in [0.717, 1.165) is 0 Å². The molecule has 2 aromatic rings. The molecule has 0 saturated heterocycles. The molecule has 0 bridgehead atoms. The fraction of sp³-hybridized carbons (Fsp3) is 0.182. The van der Waals surface area contributed by atoms with Crippen LogP contribution in [0.5, 0.6) is 5.75 Å². The molecule has 16 heavy (non-hydrogen) atoms. The highest BCUT2D eigenvalue weighted by molar-refractivity contribution is 5.75. The number of aldehydes is 1. The average molecular weight is 218 g/mol. The smallest absolute Gasteiger partial charge is 0.187 e. The molecule has 0 spiro atoms. The van der Waals surface area contributed by atoms with Crippen molar-refractivity contribution < 1.29 is 14.1 Å². The van der Waals surface area contributed by atoms with Gasteiger partial charge in [-0.25, -0.2) is 0 Å². The highest BCUT2D eigenvalue weighted by Gasteiger charge is 2.17. The third kappa shape index (κ3) is 2.08. The Morgan fingerprint density at radius 3 is 3.06 bits per heavy atom. The predicted octanol–water partition coefficient (Wildman–Crippen LogP) is 2.02. The second-order valence-electron chi connectivity index (χ2n) is 3.21. The van der Waals surface area contributed by atoms with Crippen LogP contribution in [0.25, 0.3) is 0 Å². The maximum atomic E-state index is 10.7. The molecule has 0 aliphatic rings. The van der Waals surface area contributed by atoms with Gasteiger partial charge in [-0.15, -0.1) is 0 Å². The Morgan fingerprint density at radius 1 is 1.50 bits per heavy atom. The molecule has 82 valence electrons. The first-order valence-corrected chi connectivity index (χ1v) is 4.77. The van der Waals surface area contributed by atoms with Crippen molar-refractivity contribution in [2.24, 2.45) is 0 Å². The van der Waals surface area contributed by atoms with Crippen molar-refractivity contribution in [1.82, 2.24) is 10.1 Å². The molecule has 1 unspecified atom stereocenters. The molecule has 0 aliphatic carbocycles. The van der Waals surface area contributed by atoms with Crippen LogP contribution in [0.2, 0.25) is 0 Å². The fourth-order valence-corrected chi connectivity index (χ4v) is 1.33. The molecule has 0 fully saturated rings. The van der Waals surface area contributed by atoms with Crippen LogP contribution in [0.1, 0.15) is 29.1 Å². The zero-order valence-corrected chi connectivity index (χ0v) is 8.66. The Balaban J connectivity index is 2.14. The fourth-order valence-electron chi connectivity index (χ4n) is 1.33. The lowest BCUT2D eigenvalue weighted by atomic mass is 10.2. The molecule has 5 nitrogen and oxygen atoms in total. The van der Waals surface area contributed by atoms with Gasteiger partial charge in [0.05, 0.1) is 18.0 Å². The number of rotatable bonds is 4. The van der Waals surface area contributed by atoms with Gasteiger partial charge in [-0.05, 0) is 19.1 Å². The minimum atomic E-state index is -0.383. The Kier molecular flexibility index (Phi) is 2.95. The molecule has 5 heteroatoms. The van der Waals surface area contributed by atoms with E-state index in [0.29, 0.717) is 23.4 Å². The zero-order chi connectivity index (χ0) is 11.4. The SMILES string of the molecule is CC(Oc1cccnc1)c1oncc1C=O. The van der Waals surface area contributed by atoms with E-state index >= 15 is 0 Å². The van der Waals surface area contributed by atoms with Crippen LogP contribution < -0.4 is 4.74 Å². The van der Waals surface area contributed by atoms with Crippen molar-refractivity contribution in [2.45, 2.75) is 13.0 Å². The van der Waals surface area contributed by atoms with Gasteiger partial charge in [0.1, 0.15) is 5.75 Å². The Labute approximate surface area is 92.0 Å². The van der Waals surface area contributed by atoms with Crippen molar-refractivity contribution in [2.75, 3.05) is 0 Å². The second kappa shape index (κ2) is 4.57. The highest BCUT2D eigenvalue weighted by atomic mass is 16.5. The first-order valence-electron chi connectivity index (χ1n) is 4.77. The van der Waals surface area contributed by atoms with Crippen LogP contribution in [0.4, 0.5) is 0 Å². The molecule has 2 aromatic heterocycles. The number of aromatic nitrogens is 2. The molecular formula is C11H10N2O3. The summed E-state index contributed by atoms with van der Waals surface area (Å²) in [5, 5.41) is 3.55. The largest absolute Gasteiger partial charge is 0.481 e. The normalized spacial score (nSPS) is 12.1. The summed E-state index contributed by atoms with van der Waals surface area (Å²) in [5.41, 5.74) is 0.399.